The predicted octanol–water partition coefficient (Wildman–Crippen LogP) is 3.01. The summed E-state index contributed by atoms with van der Waals surface area (Å²) in [6.45, 7) is 10.3. The minimum Gasteiger partial charge on any atom is -0.494 e. The minimum atomic E-state index is 0.0740. The molecule has 2 rings (SSSR count). The molecule has 1 saturated heterocycles. The monoisotopic (exact) mass is 320 g/mol. The standard InChI is InChI=1S/C17H24N2O4/c1-4-19-14(12-18(17(19)20)11-13(2)3)9-10-22-15-5-7-16(23-21)8-6-15/h5-8,14,21H,2,4,9-12H2,1,3H3. The number of benzene rings is 1. The van der Waals surface area contributed by atoms with Gasteiger partial charge in [-0.2, -0.15) is 0 Å². The van der Waals surface area contributed by atoms with Crippen molar-refractivity contribution in [1.82, 2.24) is 9.80 Å². The Balaban J connectivity index is 1.86. The summed E-state index contributed by atoms with van der Waals surface area (Å²) in [4.78, 5) is 20.2. The first-order valence-corrected chi connectivity index (χ1v) is 7.79. The van der Waals surface area contributed by atoms with E-state index in [2.05, 4.69) is 11.5 Å². The van der Waals surface area contributed by atoms with Crippen molar-refractivity contribution >= 4 is 6.03 Å². The van der Waals surface area contributed by atoms with E-state index in [9.17, 15) is 4.79 Å². The molecule has 0 aliphatic carbocycles. The van der Waals surface area contributed by atoms with Gasteiger partial charge in [-0.25, -0.2) is 10.1 Å². The van der Waals surface area contributed by atoms with Gasteiger partial charge in [0.05, 0.1) is 12.6 Å². The van der Waals surface area contributed by atoms with Gasteiger partial charge in [-0.1, -0.05) is 12.2 Å². The molecule has 6 heteroatoms. The fourth-order valence-corrected chi connectivity index (χ4v) is 2.78. The lowest BCUT2D eigenvalue weighted by atomic mass is 10.2. The van der Waals surface area contributed by atoms with Crippen LogP contribution in [-0.2, 0) is 0 Å². The molecule has 1 aliphatic rings. The normalized spacial score (nSPS) is 17.5. The van der Waals surface area contributed by atoms with Crippen LogP contribution in [0.15, 0.2) is 36.4 Å². The fourth-order valence-electron chi connectivity index (χ4n) is 2.78. The van der Waals surface area contributed by atoms with E-state index in [0.717, 1.165) is 12.0 Å². The van der Waals surface area contributed by atoms with Crippen LogP contribution in [0.5, 0.6) is 11.5 Å². The molecule has 1 unspecified atom stereocenters. The van der Waals surface area contributed by atoms with Gasteiger partial charge in [-0.15, -0.1) is 0 Å². The average molecular weight is 320 g/mol. The highest BCUT2D eigenvalue weighted by molar-refractivity contribution is 5.77. The molecular weight excluding hydrogens is 296 g/mol. The predicted molar refractivity (Wildman–Crippen MR) is 87.8 cm³/mol. The van der Waals surface area contributed by atoms with E-state index in [0.29, 0.717) is 37.7 Å². The molecule has 0 aromatic heterocycles. The second kappa shape index (κ2) is 7.87. The number of hydrogen-bond donors (Lipinski definition) is 1. The van der Waals surface area contributed by atoms with E-state index >= 15 is 0 Å². The first-order valence-electron chi connectivity index (χ1n) is 7.79. The maximum absolute atomic E-state index is 12.3. The van der Waals surface area contributed by atoms with Crippen molar-refractivity contribution in [2.45, 2.75) is 26.3 Å². The number of likely N-dealkylation sites (N-methyl/N-ethyl adjacent to an activating group) is 1. The molecule has 0 saturated carbocycles. The Labute approximate surface area is 136 Å². The van der Waals surface area contributed by atoms with E-state index in [1.54, 1.807) is 24.3 Å². The Bertz CT molecular complexity index is 544. The molecule has 0 bridgehead atoms. The van der Waals surface area contributed by atoms with Gasteiger partial charge in [0.15, 0.2) is 5.75 Å². The van der Waals surface area contributed by atoms with Crippen LogP contribution in [0.4, 0.5) is 4.79 Å². The molecule has 1 fully saturated rings. The zero-order valence-electron chi connectivity index (χ0n) is 13.7. The first kappa shape index (κ1) is 17.1. The lowest BCUT2D eigenvalue weighted by Gasteiger charge is -2.21. The van der Waals surface area contributed by atoms with Gasteiger partial charge in [-0.05, 0) is 38.1 Å². The number of amides is 2. The van der Waals surface area contributed by atoms with Crippen LogP contribution in [0, 0.1) is 0 Å². The third-order valence-corrected chi connectivity index (χ3v) is 3.84. The van der Waals surface area contributed by atoms with Crippen LogP contribution >= 0.6 is 0 Å². The number of carbonyl (C=O) groups excluding carboxylic acids is 1. The summed E-state index contributed by atoms with van der Waals surface area (Å²) in [5.41, 5.74) is 0.984. The Kier molecular flexibility index (Phi) is 5.87. The highest BCUT2D eigenvalue weighted by atomic mass is 17.1. The van der Waals surface area contributed by atoms with Gasteiger partial charge in [0.1, 0.15) is 5.75 Å². The van der Waals surface area contributed by atoms with E-state index in [1.807, 2.05) is 23.6 Å². The molecule has 0 radical (unpaired) electrons. The molecule has 1 N–H and O–H groups in total. The summed E-state index contributed by atoms with van der Waals surface area (Å²) in [5.74, 6) is 1.07. The molecule has 6 nitrogen and oxygen atoms in total. The zero-order chi connectivity index (χ0) is 16.8. The van der Waals surface area contributed by atoms with Crippen molar-refractivity contribution in [1.29, 1.82) is 0 Å². The van der Waals surface area contributed by atoms with Gasteiger partial charge in [-0.3, -0.25) is 0 Å². The van der Waals surface area contributed by atoms with Crippen LogP contribution < -0.4 is 9.62 Å². The van der Waals surface area contributed by atoms with Gasteiger partial charge >= 0.3 is 6.03 Å². The van der Waals surface area contributed by atoms with Gasteiger partial charge in [0.25, 0.3) is 0 Å². The Morgan fingerprint density at radius 2 is 2.00 bits per heavy atom. The van der Waals surface area contributed by atoms with Crippen LogP contribution in [0.3, 0.4) is 0 Å². The molecule has 1 aromatic carbocycles. The highest BCUT2D eigenvalue weighted by Crippen LogP contribution is 2.21. The Hall–Kier alpha value is -2.21. The Morgan fingerprint density at radius 3 is 2.57 bits per heavy atom. The molecule has 2 amide bonds. The molecule has 1 atom stereocenters. The topological polar surface area (TPSA) is 62.2 Å². The van der Waals surface area contributed by atoms with Gasteiger partial charge in [0, 0.05) is 26.1 Å². The maximum Gasteiger partial charge on any atom is 0.320 e. The summed E-state index contributed by atoms with van der Waals surface area (Å²) in [6, 6.07) is 6.95. The number of urea groups is 1. The number of hydrogen-bond acceptors (Lipinski definition) is 4. The molecule has 126 valence electrons. The van der Waals surface area contributed by atoms with E-state index in [-0.39, 0.29) is 12.1 Å². The summed E-state index contributed by atoms with van der Waals surface area (Å²) in [7, 11) is 0. The summed E-state index contributed by atoms with van der Waals surface area (Å²) >= 11 is 0. The average Bonchev–Trinajstić information content (AvgIpc) is 2.82. The lowest BCUT2D eigenvalue weighted by molar-refractivity contribution is -0.137. The second-order valence-electron chi connectivity index (χ2n) is 5.76. The van der Waals surface area contributed by atoms with Crippen molar-refractivity contribution in [3.63, 3.8) is 0 Å². The summed E-state index contributed by atoms with van der Waals surface area (Å²) in [5, 5.41) is 8.53. The number of nitrogens with zero attached hydrogens (tertiary/aromatic N) is 2. The maximum atomic E-state index is 12.3. The SMILES string of the molecule is C=C(C)CN1CC(CCOc2ccc(OO)cc2)N(CC)C1=O. The first-order chi connectivity index (χ1) is 11.0. The highest BCUT2D eigenvalue weighted by Gasteiger charge is 2.35. The molecule has 23 heavy (non-hydrogen) atoms. The van der Waals surface area contributed by atoms with Crippen LogP contribution in [-0.4, -0.2) is 53.4 Å². The lowest BCUT2D eigenvalue weighted by Crippen LogP contribution is -2.35. The van der Waals surface area contributed by atoms with E-state index in [4.69, 9.17) is 9.99 Å². The zero-order valence-corrected chi connectivity index (χ0v) is 13.7. The van der Waals surface area contributed by atoms with E-state index in [1.165, 1.54) is 0 Å². The summed E-state index contributed by atoms with van der Waals surface area (Å²) < 4.78 is 5.70. The third-order valence-electron chi connectivity index (χ3n) is 3.84. The quantitative estimate of drug-likeness (QED) is 0.454. The van der Waals surface area contributed by atoms with Gasteiger partial charge in [0.2, 0.25) is 0 Å². The summed E-state index contributed by atoms with van der Waals surface area (Å²) in [6.07, 6.45) is 0.768. The van der Waals surface area contributed by atoms with Crippen molar-refractivity contribution in [2.75, 3.05) is 26.2 Å². The van der Waals surface area contributed by atoms with E-state index < -0.39 is 0 Å². The number of rotatable bonds is 8. The van der Waals surface area contributed by atoms with Crippen LogP contribution in [0.1, 0.15) is 20.3 Å². The van der Waals surface area contributed by atoms with Crippen molar-refractivity contribution < 1.29 is 19.7 Å². The number of carbonyl (C=O) groups is 1. The number of ether oxygens (including phenoxy) is 1. The Morgan fingerprint density at radius 1 is 1.35 bits per heavy atom. The smallest absolute Gasteiger partial charge is 0.320 e. The molecule has 0 spiro atoms. The van der Waals surface area contributed by atoms with Gasteiger partial charge < -0.3 is 19.4 Å². The third kappa shape index (κ3) is 4.39. The van der Waals surface area contributed by atoms with Crippen molar-refractivity contribution in [3.05, 3.63) is 36.4 Å². The molecular formula is C17H24N2O4. The fraction of sp³-hybridized carbons (Fsp3) is 0.471. The van der Waals surface area contributed by atoms with Crippen molar-refractivity contribution in [2.24, 2.45) is 0 Å². The minimum absolute atomic E-state index is 0.0740. The van der Waals surface area contributed by atoms with Crippen LogP contribution in [0.2, 0.25) is 0 Å². The van der Waals surface area contributed by atoms with Crippen molar-refractivity contribution in [3.8, 4) is 11.5 Å². The molecule has 1 heterocycles. The molecule has 1 aromatic rings. The molecule has 1 aliphatic heterocycles. The van der Waals surface area contributed by atoms with Crippen LogP contribution in [0.25, 0.3) is 0 Å². The second-order valence-corrected chi connectivity index (χ2v) is 5.76. The largest absolute Gasteiger partial charge is 0.494 e.